The number of aliphatic hydroxyl groups excluding tert-OH is 1. The Balaban J connectivity index is 2.54. The molecule has 2 nitrogen and oxygen atoms in total. The fourth-order valence-corrected chi connectivity index (χ4v) is 0. The van der Waals surface area contributed by atoms with Gasteiger partial charge in [0, 0.05) is 7.11 Å². The Kier molecular flexibility index (Phi) is 2.05. The molecule has 0 aliphatic heterocycles. The molecule has 5 heavy (non-hydrogen) atoms. The van der Waals surface area contributed by atoms with Crippen LogP contribution in [0.5, 0.6) is 0 Å². The van der Waals surface area contributed by atoms with Crippen LogP contribution in [0.25, 0.3) is 0 Å². The van der Waals surface area contributed by atoms with Crippen LogP contribution in [-0.4, -0.2) is 18.8 Å². The molecule has 0 aromatic carbocycles. The first-order valence-electron chi connectivity index (χ1n) is 1.12. The number of aliphatic hydroxyl groups is 1. The standard InChI is InChI=1S/C2H5FO2/c1-5-2(3)4/h2,4H,1H3. The Hall–Kier alpha value is -0.150. The second kappa shape index (κ2) is 2.11. The number of ether oxygens (including phenoxy) is 1. The average molecular weight is 80.1 g/mol. The van der Waals surface area contributed by atoms with Crippen LogP contribution in [0.2, 0.25) is 0 Å². The van der Waals surface area contributed by atoms with E-state index in [0.29, 0.717) is 0 Å². The predicted octanol–water partition coefficient (Wildman–Crippen LogP) is -0.122. The molecular weight excluding hydrogens is 75.0 g/mol. The van der Waals surface area contributed by atoms with Crippen LogP contribution in [0.1, 0.15) is 0 Å². The van der Waals surface area contributed by atoms with Gasteiger partial charge in [-0.05, 0) is 0 Å². The van der Waals surface area contributed by atoms with E-state index in [0.717, 1.165) is 7.11 Å². The van der Waals surface area contributed by atoms with Gasteiger partial charge in [-0.15, -0.1) is 0 Å². The normalized spacial score (nSPS) is 15.0. The summed E-state index contributed by atoms with van der Waals surface area (Å²) in [7, 11) is 1.07. The highest BCUT2D eigenvalue weighted by atomic mass is 19.2. The maximum absolute atomic E-state index is 10.8. The lowest BCUT2D eigenvalue weighted by Gasteiger charge is -1.89. The lowest BCUT2D eigenvalue weighted by molar-refractivity contribution is -0.165. The monoisotopic (exact) mass is 80.0 g/mol. The minimum Gasteiger partial charge on any atom is -0.342 e. The van der Waals surface area contributed by atoms with Crippen molar-refractivity contribution in [1.82, 2.24) is 0 Å². The number of rotatable bonds is 1. The number of methoxy groups -OCH3 is 1. The summed E-state index contributed by atoms with van der Waals surface area (Å²) in [5.41, 5.74) is 0. The van der Waals surface area contributed by atoms with Crippen molar-refractivity contribution in [2.45, 2.75) is 6.54 Å². The van der Waals surface area contributed by atoms with Crippen molar-refractivity contribution in [1.29, 1.82) is 0 Å². The molecule has 0 aromatic heterocycles. The number of alkyl halides is 1. The van der Waals surface area contributed by atoms with E-state index in [9.17, 15) is 4.39 Å². The first-order chi connectivity index (χ1) is 2.27. The van der Waals surface area contributed by atoms with Gasteiger partial charge in [0.1, 0.15) is 0 Å². The number of hydrogen-bond acceptors (Lipinski definition) is 2. The van der Waals surface area contributed by atoms with Crippen molar-refractivity contribution >= 4 is 0 Å². The van der Waals surface area contributed by atoms with Crippen LogP contribution in [0, 0.1) is 0 Å². The minimum atomic E-state index is -2.12. The summed E-state index contributed by atoms with van der Waals surface area (Å²) in [5, 5.41) is 7.47. The lowest BCUT2D eigenvalue weighted by atomic mass is 11.3. The summed E-state index contributed by atoms with van der Waals surface area (Å²) in [6, 6.07) is 0. The third kappa shape index (κ3) is 3.85. The highest BCUT2D eigenvalue weighted by Crippen LogP contribution is 1.77. The van der Waals surface area contributed by atoms with Gasteiger partial charge in [-0.25, -0.2) is 0 Å². The van der Waals surface area contributed by atoms with Gasteiger partial charge in [-0.2, -0.15) is 4.39 Å². The molecule has 0 rings (SSSR count). The van der Waals surface area contributed by atoms with E-state index < -0.39 is 6.54 Å². The first-order valence-corrected chi connectivity index (χ1v) is 1.12. The molecule has 0 heterocycles. The van der Waals surface area contributed by atoms with Crippen LogP contribution in [-0.2, 0) is 4.74 Å². The molecule has 1 atom stereocenters. The predicted molar refractivity (Wildman–Crippen MR) is 14.1 cm³/mol. The highest BCUT2D eigenvalue weighted by molar-refractivity contribution is 3.92. The molecule has 0 saturated heterocycles. The van der Waals surface area contributed by atoms with Crippen LogP contribution < -0.4 is 0 Å². The van der Waals surface area contributed by atoms with Crippen molar-refractivity contribution in [2.75, 3.05) is 7.11 Å². The molecule has 1 unspecified atom stereocenters. The van der Waals surface area contributed by atoms with Crippen LogP contribution in [0.15, 0.2) is 0 Å². The summed E-state index contributed by atoms with van der Waals surface area (Å²) >= 11 is 0. The Bertz CT molecular complexity index is 21.6. The fraction of sp³-hybridized carbons (Fsp3) is 1.00. The quantitative estimate of drug-likeness (QED) is 0.445. The second-order valence-corrected chi connectivity index (χ2v) is 0.528. The van der Waals surface area contributed by atoms with Crippen molar-refractivity contribution < 1.29 is 14.2 Å². The first kappa shape index (κ1) is 4.85. The van der Waals surface area contributed by atoms with Gasteiger partial charge < -0.3 is 9.84 Å². The maximum Gasteiger partial charge on any atom is 0.306 e. The number of hydrogen-bond donors (Lipinski definition) is 1. The topological polar surface area (TPSA) is 29.5 Å². The van der Waals surface area contributed by atoms with E-state index in [2.05, 4.69) is 4.74 Å². The third-order valence-electron chi connectivity index (χ3n) is 0.194. The zero-order valence-corrected chi connectivity index (χ0v) is 2.81. The molecule has 3 heteroatoms. The summed E-state index contributed by atoms with van der Waals surface area (Å²) in [6.45, 7) is -2.12. The average Bonchev–Trinajstić information content (AvgIpc) is 1.38. The molecule has 0 spiro atoms. The van der Waals surface area contributed by atoms with Gasteiger partial charge in [0.2, 0.25) is 0 Å². The molecule has 0 fully saturated rings. The highest BCUT2D eigenvalue weighted by Gasteiger charge is 1.86. The minimum absolute atomic E-state index is 1.07. The molecule has 0 amide bonds. The molecule has 0 aliphatic rings. The Morgan fingerprint density at radius 3 is 2.20 bits per heavy atom. The Morgan fingerprint density at radius 2 is 2.20 bits per heavy atom. The van der Waals surface area contributed by atoms with Crippen LogP contribution in [0.3, 0.4) is 0 Å². The molecule has 1 N–H and O–H groups in total. The zero-order valence-electron chi connectivity index (χ0n) is 2.81. The van der Waals surface area contributed by atoms with Gasteiger partial charge >= 0.3 is 6.54 Å². The number of halogens is 1. The van der Waals surface area contributed by atoms with Crippen LogP contribution >= 0.6 is 0 Å². The largest absolute Gasteiger partial charge is 0.342 e. The summed E-state index contributed by atoms with van der Waals surface area (Å²) < 4.78 is 14.4. The molecular formula is C2H5FO2. The van der Waals surface area contributed by atoms with Gasteiger partial charge in [0.25, 0.3) is 0 Å². The fourth-order valence-electron chi connectivity index (χ4n) is 0. The molecule has 0 aliphatic carbocycles. The Morgan fingerprint density at radius 1 is 2.00 bits per heavy atom. The SMILES string of the molecule is COC(O)F. The van der Waals surface area contributed by atoms with Crippen molar-refractivity contribution in [2.24, 2.45) is 0 Å². The molecule has 0 radical (unpaired) electrons. The van der Waals surface area contributed by atoms with E-state index in [1.165, 1.54) is 0 Å². The molecule has 0 saturated carbocycles. The summed E-state index contributed by atoms with van der Waals surface area (Å²) in [5.74, 6) is 0. The van der Waals surface area contributed by atoms with E-state index >= 15 is 0 Å². The van der Waals surface area contributed by atoms with E-state index in [1.807, 2.05) is 0 Å². The van der Waals surface area contributed by atoms with Gasteiger partial charge in [-0.3, -0.25) is 0 Å². The van der Waals surface area contributed by atoms with Crippen molar-refractivity contribution in [3.63, 3.8) is 0 Å². The second-order valence-electron chi connectivity index (χ2n) is 0.528. The van der Waals surface area contributed by atoms with Crippen molar-refractivity contribution in [3.05, 3.63) is 0 Å². The van der Waals surface area contributed by atoms with E-state index in [-0.39, 0.29) is 0 Å². The molecule has 0 bridgehead atoms. The van der Waals surface area contributed by atoms with E-state index in [1.54, 1.807) is 0 Å². The third-order valence-corrected chi connectivity index (χ3v) is 0.194. The van der Waals surface area contributed by atoms with Crippen molar-refractivity contribution in [3.8, 4) is 0 Å². The van der Waals surface area contributed by atoms with E-state index in [4.69, 9.17) is 5.11 Å². The summed E-state index contributed by atoms with van der Waals surface area (Å²) in [6.07, 6.45) is 0. The maximum atomic E-state index is 10.8. The van der Waals surface area contributed by atoms with Gasteiger partial charge in [0.05, 0.1) is 0 Å². The lowest BCUT2D eigenvalue weighted by Crippen LogP contribution is -1.97. The van der Waals surface area contributed by atoms with Crippen LogP contribution in [0.4, 0.5) is 4.39 Å². The summed E-state index contributed by atoms with van der Waals surface area (Å²) in [4.78, 5) is 0. The Labute approximate surface area is 29.2 Å². The van der Waals surface area contributed by atoms with Gasteiger partial charge in [-0.1, -0.05) is 0 Å². The molecule has 32 valence electrons. The smallest absolute Gasteiger partial charge is 0.306 e. The zero-order chi connectivity index (χ0) is 4.28. The van der Waals surface area contributed by atoms with Gasteiger partial charge in [0.15, 0.2) is 0 Å². The molecule has 0 aromatic rings.